The van der Waals surface area contributed by atoms with Gasteiger partial charge in [-0.25, -0.2) is 9.97 Å². The Hall–Kier alpha value is -3.18. The van der Waals surface area contributed by atoms with E-state index >= 15 is 0 Å². The maximum atomic E-state index is 6.69. The largest absolute Gasteiger partial charge is 0.442 e. The zero-order chi connectivity index (χ0) is 22.7. The molecule has 5 nitrogen and oxygen atoms in total. The topological polar surface area (TPSA) is 56.2 Å². The molecule has 0 N–H and O–H groups in total. The Morgan fingerprint density at radius 3 is 2.64 bits per heavy atom. The van der Waals surface area contributed by atoms with Crippen LogP contribution in [0.4, 0.5) is 0 Å². The average Bonchev–Trinajstić information content (AvgIpc) is 3.44. The fourth-order valence-electron chi connectivity index (χ4n) is 5.69. The van der Waals surface area contributed by atoms with E-state index in [0.29, 0.717) is 10.8 Å². The molecule has 0 amide bonds. The summed E-state index contributed by atoms with van der Waals surface area (Å²) < 4.78 is 7.73. The molecule has 166 valence electrons. The molecule has 6 heteroatoms. The van der Waals surface area contributed by atoms with Crippen LogP contribution in [0.1, 0.15) is 62.0 Å². The predicted octanol–water partition coefficient (Wildman–Crippen LogP) is 6.78. The molecular formula is C27H25ClN4O. The first-order chi connectivity index (χ1) is 15.9. The molecule has 1 aliphatic heterocycles. The van der Waals surface area contributed by atoms with E-state index in [1.807, 2.05) is 30.6 Å². The van der Waals surface area contributed by atoms with Gasteiger partial charge in [-0.1, -0.05) is 49.7 Å². The van der Waals surface area contributed by atoms with Crippen molar-refractivity contribution in [2.75, 3.05) is 0 Å². The van der Waals surface area contributed by atoms with Crippen LogP contribution in [0.5, 0.6) is 0 Å². The van der Waals surface area contributed by atoms with E-state index in [0.717, 1.165) is 39.8 Å². The summed E-state index contributed by atoms with van der Waals surface area (Å²) in [5.74, 6) is 1.40. The molecule has 1 saturated carbocycles. The van der Waals surface area contributed by atoms with Crippen LogP contribution >= 0.6 is 11.6 Å². The quantitative estimate of drug-likeness (QED) is 0.341. The van der Waals surface area contributed by atoms with Gasteiger partial charge in [-0.2, -0.15) is 0 Å². The lowest BCUT2D eigenvalue weighted by molar-refractivity contribution is 0.178. The van der Waals surface area contributed by atoms with Gasteiger partial charge in [-0.05, 0) is 54.9 Å². The Morgan fingerprint density at radius 2 is 1.91 bits per heavy atom. The number of imidazole rings is 1. The van der Waals surface area contributed by atoms with Gasteiger partial charge in [-0.3, -0.25) is 9.56 Å². The minimum absolute atomic E-state index is 0.158. The van der Waals surface area contributed by atoms with Crippen molar-refractivity contribution in [1.82, 2.24) is 14.5 Å². The van der Waals surface area contributed by atoms with Crippen molar-refractivity contribution in [1.29, 1.82) is 0 Å². The SMILES string of the molecule is CC1CC(C)(c2ccc3c(c2)C(c2ccccc2Cl)=N[C@@H](C)c2c(-c4cnco4)ncn2-3)C1. The predicted molar refractivity (Wildman–Crippen MR) is 130 cm³/mol. The van der Waals surface area contributed by atoms with Crippen LogP contribution in [-0.4, -0.2) is 20.2 Å². The first-order valence-corrected chi connectivity index (χ1v) is 11.8. The number of oxazole rings is 1. The molecule has 4 aromatic rings. The summed E-state index contributed by atoms with van der Waals surface area (Å²) in [5, 5.41) is 0.698. The number of hydrogen-bond acceptors (Lipinski definition) is 4. The highest BCUT2D eigenvalue weighted by Crippen LogP contribution is 2.48. The molecular weight excluding hydrogens is 432 g/mol. The van der Waals surface area contributed by atoms with E-state index in [4.69, 9.17) is 21.0 Å². The molecule has 2 aliphatic rings. The van der Waals surface area contributed by atoms with Crippen LogP contribution in [0.2, 0.25) is 5.02 Å². The minimum atomic E-state index is -0.158. The summed E-state index contributed by atoms with van der Waals surface area (Å²) in [4.78, 5) is 14.0. The van der Waals surface area contributed by atoms with Gasteiger partial charge >= 0.3 is 0 Å². The Balaban J connectivity index is 1.61. The van der Waals surface area contributed by atoms with Gasteiger partial charge in [0, 0.05) is 16.1 Å². The molecule has 6 rings (SSSR count). The molecule has 2 aromatic heterocycles. The van der Waals surface area contributed by atoms with Gasteiger partial charge < -0.3 is 4.42 Å². The first-order valence-electron chi connectivity index (χ1n) is 11.4. The van der Waals surface area contributed by atoms with Gasteiger partial charge in [0.05, 0.1) is 29.3 Å². The van der Waals surface area contributed by atoms with Gasteiger partial charge in [0.1, 0.15) is 12.0 Å². The van der Waals surface area contributed by atoms with E-state index in [9.17, 15) is 0 Å². The standard InChI is InChI=1S/C27H25ClN4O/c1-16-11-27(3,12-16)18-8-9-22-20(10-18)24(19-6-4-5-7-21(19)28)31-17(2)26-25(30-14-32(22)26)23-13-29-15-33-23/h4-10,13-17H,11-12H2,1-3H3/t16?,17-,27?/m0/s1. The highest BCUT2D eigenvalue weighted by atomic mass is 35.5. The summed E-state index contributed by atoms with van der Waals surface area (Å²) in [7, 11) is 0. The van der Waals surface area contributed by atoms with Gasteiger partial charge in [-0.15, -0.1) is 0 Å². The van der Waals surface area contributed by atoms with Crippen molar-refractivity contribution in [2.45, 2.75) is 45.1 Å². The summed E-state index contributed by atoms with van der Waals surface area (Å²) in [5.41, 5.74) is 7.26. The van der Waals surface area contributed by atoms with Crippen LogP contribution in [0, 0.1) is 5.92 Å². The van der Waals surface area contributed by atoms with Crippen LogP contribution in [0.25, 0.3) is 17.1 Å². The van der Waals surface area contributed by atoms with Crippen molar-refractivity contribution in [3.63, 3.8) is 0 Å². The highest BCUT2D eigenvalue weighted by molar-refractivity contribution is 6.35. The van der Waals surface area contributed by atoms with E-state index < -0.39 is 0 Å². The molecule has 1 atom stereocenters. The summed E-state index contributed by atoms with van der Waals surface area (Å²) in [6.07, 6.45) is 7.39. The first kappa shape index (κ1) is 20.4. The van der Waals surface area contributed by atoms with Crippen molar-refractivity contribution >= 4 is 17.3 Å². The molecule has 0 spiro atoms. The van der Waals surface area contributed by atoms with Gasteiger partial charge in [0.2, 0.25) is 0 Å². The van der Waals surface area contributed by atoms with E-state index in [2.05, 4.69) is 53.5 Å². The Kier molecular flexibility index (Phi) is 4.59. The summed E-state index contributed by atoms with van der Waals surface area (Å²) in [6, 6.07) is 14.6. The summed E-state index contributed by atoms with van der Waals surface area (Å²) in [6.45, 7) is 6.78. The molecule has 1 aliphatic carbocycles. The number of halogens is 1. The number of aliphatic imine (C=N–C) groups is 1. The highest BCUT2D eigenvalue weighted by Gasteiger charge is 2.40. The lowest BCUT2D eigenvalue weighted by Crippen LogP contribution is -2.37. The van der Waals surface area contributed by atoms with E-state index in [1.165, 1.54) is 24.8 Å². The molecule has 0 radical (unpaired) electrons. The molecule has 0 bridgehead atoms. The molecule has 2 aromatic carbocycles. The maximum Gasteiger partial charge on any atom is 0.181 e. The van der Waals surface area contributed by atoms with Crippen LogP contribution in [-0.2, 0) is 5.41 Å². The lowest BCUT2D eigenvalue weighted by Gasteiger charge is -2.44. The number of hydrogen-bond donors (Lipinski definition) is 0. The van der Waals surface area contributed by atoms with Crippen molar-refractivity contribution in [2.24, 2.45) is 10.9 Å². The second-order valence-corrected chi connectivity index (χ2v) is 10.1. The third kappa shape index (κ3) is 3.17. The fraction of sp³-hybridized carbons (Fsp3) is 0.296. The maximum absolute atomic E-state index is 6.69. The Morgan fingerprint density at radius 1 is 1.09 bits per heavy atom. The molecule has 33 heavy (non-hydrogen) atoms. The average molecular weight is 457 g/mol. The second-order valence-electron chi connectivity index (χ2n) is 9.65. The third-order valence-corrected chi connectivity index (χ3v) is 7.45. The van der Waals surface area contributed by atoms with Gasteiger partial charge in [0.25, 0.3) is 0 Å². The fourth-order valence-corrected chi connectivity index (χ4v) is 5.91. The van der Waals surface area contributed by atoms with Crippen molar-refractivity contribution in [3.05, 3.63) is 88.8 Å². The summed E-state index contributed by atoms with van der Waals surface area (Å²) >= 11 is 6.69. The number of fused-ring (bicyclic) bond motifs is 3. The smallest absolute Gasteiger partial charge is 0.181 e. The second kappa shape index (κ2) is 7.42. The van der Waals surface area contributed by atoms with Crippen LogP contribution in [0.15, 0.2) is 70.8 Å². The Bertz CT molecular complexity index is 1380. The van der Waals surface area contributed by atoms with Crippen molar-refractivity contribution < 1.29 is 4.42 Å². The van der Waals surface area contributed by atoms with E-state index in [1.54, 1.807) is 6.20 Å². The number of aromatic nitrogens is 3. The van der Waals surface area contributed by atoms with Crippen LogP contribution < -0.4 is 0 Å². The number of rotatable bonds is 3. The third-order valence-electron chi connectivity index (χ3n) is 7.12. The molecule has 0 unspecified atom stereocenters. The number of nitrogens with zero attached hydrogens (tertiary/aromatic N) is 4. The monoisotopic (exact) mass is 456 g/mol. The minimum Gasteiger partial charge on any atom is -0.442 e. The van der Waals surface area contributed by atoms with Crippen LogP contribution in [0.3, 0.4) is 0 Å². The zero-order valence-electron chi connectivity index (χ0n) is 18.9. The Labute approximate surface area is 198 Å². The normalized spacial score (nSPS) is 23.8. The molecule has 3 heterocycles. The van der Waals surface area contributed by atoms with Crippen molar-refractivity contribution in [3.8, 4) is 17.1 Å². The molecule has 1 fully saturated rings. The molecule has 0 saturated heterocycles. The van der Waals surface area contributed by atoms with E-state index in [-0.39, 0.29) is 11.5 Å². The van der Waals surface area contributed by atoms with Gasteiger partial charge in [0.15, 0.2) is 12.2 Å². The number of benzene rings is 2. The zero-order valence-corrected chi connectivity index (χ0v) is 19.7. The lowest BCUT2D eigenvalue weighted by atomic mass is 9.60.